The molecule has 2 amide bonds. The Bertz CT molecular complexity index is 1050. The van der Waals surface area contributed by atoms with Gasteiger partial charge in [0, 0.05) is 22.0 Å². The highest BCUT2D eigenvalue weighted by Gasteiger charge is 2.34. The molecule has 1 aliphatic heterocycles. The van der Waals surface area contributed by atoms with Crippen LogP contribution in [0.1, 0.15) is 26.9 Å². The minimum atomic E-state index is -0.193. The van der Waals surface area contributed by atoms with Crippen LogP contribution in [0.3, 0.4) is 0 Å². The Labute approximate surface area is 178 Å². The van der Waals surface area contributed by atoms with Gasteiger partial charge in [0.25, 0.3) is 5.91 Å². The van der Waals surface area contributed by atoms with E-state index in [1.165, 1.54) is 0 Å². The van der Waals surface area contributed by atoms with Gasteiger partial charge in [0.15, 0.2) is 0 Å². The molecule has 1 unspecified atom stereocenters. The Morgan fingerprint density at radius 1 is 1.07 bits per heavy atom. The number of amides is 2. The van der Waals surface area contributed by atoms with E-state index in [0.29, 0.717) is 22.0 Å². The van der Waals surface area contributed by atoms with Crippen molar-refractivity contribution in [2.45, 2.75) is 12.3 Å². The standard InChI is InChI=1S/C23H19ClN2O2S/c1-15-3-2-4-20(13-15)26-21(27)14-29-23(26)17-7-11-19(12-8-17)25-22(28)16-5-9-18(24)10-6-16/h2-13,23H,14H2,1H3,(H,25,28). The number of carbonyl (C=O) groups excluding carboxylic acids is 2. The molecule has 1 fully saturated rings. The van der Waals surface area contributed by atoms with E-state index < -0.39 is 0 Å². The second-order valence-corrected chi connectivity index (χ2v) is 8.35. The average Bonchev–Trinajstić information content (AvgIpc) is 3.10. The zero-order valence-electron chi connectivity index (χ0n) is 15.8. The van der Waals surface area contributed by atoms with Crippen LogP contribution < -0.4 is 10.2 Å². The van der Waals surface area contributed by atoms with Crippen molar-refractivity contribution in [2.75, 3.05) is 16.0 Å². The highest BCUT2D eigenvalue weighted by molar-refractivity contribution is 8.00. The number of benzene rings is 3. The number of carbonyl (C=O) groups is 2. The van der Waals surface area contributed by atoms with E-state index in [4.69, 9.17) is 11.6 Å². The van der Waals surface area contributed by atoms with Gasteiger partial charge in [-0.1, -0.05) is 35.9 Å². The van der Waals surface area contributed by atoms with Crippen LogP contribution in [0.5, 0.6) is 0 Å². The largest absolute Gasteiger partial charge is 0.322 e. The Hall–Kier alpha value is -2.76. The van der Waals surface area contributed by atoms with Crippen molar-refractivity contribution in [3.63, 3.8) is 0 Å². The Morgan fingerprint density at radius 3 is 2.48 bits per heavy atom. The van der Waals surface area contributed by atoms with Crippen molar-refractivity contribution in [3.05, 3.63) is 94.5 Å². The summed E-state index contributed by atoms with van der Waals surface area (Å²) in [7, 11) is 0. The molecule has 29 heavy (non-hydrogen) atoms. The fourth-order valence-corrected chi connectivity index (χ4v) is 4.57. The van der Waals surface area contributed by atoms with Crippen LogP contribution in [0.2, 0.25) is 5.02 Å². The molecular weight excluding hydrogens is 404 g/mol. The molecule has 1 atom stereocenters. The third-order valence-corrected chi connectivity index (χ3v) is 6.17. The zero-order valence-corrected chi connectivity index (χ0v) is 17.3. The molecule has 0 aliphatic carbocycles. The minimum absolute atomic E-state index is 0.0784. The summed E-state index contributed by atoms with van der Waals surface area (Å²) in [5.74, 6) is 0.361. The van der Waals surface area contributed by atoms with Gasteiger partial charge in [0.1, 0.15) is 5.37 Å². The Kier molecular flexibility index (Phi) is 5.60. The molecule has 4 nitrogen and oxygen atoms in total. The Morgan fingerprint density at radius 2 is 1.79 bits per heavy atom. The van der Waals surface area contributed by atoms with Crippen LogP contribution in [0.25, 0.3) is 0 Å². The van der Waals surface area contributed by atoms with E-state index in [0.717, 1.165) is 16.8 Å². The molecule has 1 saturated heterocycles. The topological polar surface area (TPSA) is 49.4 Å². The molecule has 6 heteroatoms. The molecule has 1 N–H and O–H groups in total. The summed E-state index contributed by atoms with van der Waals surface area (Å²) < 4.78 is 0. The van der Waals surface area contributed by atoms with Gasteiger partial charge in [0.2, 0.25) is 5.91 Å². The summed E-state index contributed by atoms with van der Waals surface area (Å²) in [6.07, 6.45) is 0. The smallest absolute Gasteiger partial charge is 0.255 e. The predicted molar refractivity (Wildman–Crippen MR) is 120 cm³/mol. The predicted octanol–water partition coefficient (Wildman–Crippen LogP) is 5.68. The van der Waals surface area contributed by atoms with Crippen LogP contribution in [-0.4, -0.2) is 17.6 Å². The summed E-state index contributed by atoms with van der Waals surface area (Å²) >= 11 is 7.48. The lowest BCUT2D eigenvalue weighted by molar-refractivity contribution is -0.115. The number of halogens is 1. The monoisotopic (exact) mass is 422 g/mol. The normalized spacial score (nSPS) is 16.1. The van der Waals surface area contributed by atoms with Gasteiger partial charge in [0.05, 0.1) is 5.75 Å². The molecule has 0 spiro atoms. The highest BCUT2D eigenvalue weighted by Crippen LogP contribution is 2.42. The number of thioether (sulfide) groups is 1. The second kappa shape index (κ2) is 8.31. The molecule has 1 aliphatic rings. The summed E-state index contributed by atoms with van der Waals surface area (Å²) in [4.78, 5) is 26.7. The maximum atomic E-state index is 12.5. The van der Waals surface area contributed by atoms with Crippen molar-refractivity contribution in [1.29, 1.82) is 0 Å². The quantitative estimate of drug-likeness (QED) is 0.588. The number of nitrogens with zero attached hydrogens (tertiary/aromatic N) is 1. The van der Waals surface area contributed by atoms with Crippen molar-refractivity contribution in [3.8, 4) is 0 Å². The third-order valence-electron chi connectivity index (χ3n) is 4.71. The van der Waals surface area contributed by atoms with E-state index in [1.54, 1.807) is 36.0 Å². The van der Waals surface area contributed by atoms with E-state index in [9.17, 15) is 9.59 Å². The first kappa shape index (κ1) is 19.6. The van der Waals surface area contributed by atoms with Crippen molar-refractivity contribution < 1.29 is 9.59 Å². The lowest BCUT2D eigenvalue weighted by Crippen LogP contribution is -2.27. The lowest BCUT2D eigenvalue weighted by Gasteiger charge is -2.25. The van der Waals surface area contributed by atoms with Crippen LogP contribution in [0.15, 0.2) is 72.8 Å². The SMILES string of the molecule is Cc1cccc(N2C(=O)CSC2c2ccc(NC(=O)c3ccc(Cl)cc3)cc2)c1. The van der Waals surface area contributed by atoms with E-state index in [1.807, 2.05) is 60.4 Å². The molecule has 3 aromatic rings. The van der Waals surface area contributed by atoms with Crippen LogP contribution in [0, 0.1) is 6.92 Å². The fourth-order valence-electron chi connectivity index (χ4n) is 3.26. The lowest BCUT2D eigenvalue weighted by atomic mass is 10.1. The van der Waals surface area contributed by atoms with Gasteiger partial charge in [-0.05, 0) is 66.6 Å². The van der Waals surface area contributed by atoms with Gasteiger partial charge in [-0.3, -0.25) is 14.5 Å². The average molecular weight is 423 g/mol. The minimum Gasteiger partial charge on any atom is -0.322 e. The molecule has 0 radical (unpaired) electrons. The van der Waals surface area contributed by atoms with E-state index >= 15 is 0 Å². The summed E-state index contributed by atoms with van der Waals surface area (Å²) in [5.41, 5.74) is 4.29. The fraction of sp³-hybridized carbons (Fsp3) is 0.130. The van der Waals surface area contributed by atoms with Gasteiger partial charge in [-0.15, -0.1) is 11.8 Å². The van der Waals surface area contributed by atoms with Crippen molar-refractivity contribution in [1.82, 2.24) is 0 Å². The first-order valence-electron chi connectivity index (χ1n) is 9.18. The second-order valence-electron chi connectivity index (χ2n) is 6.85. The molecular formula is C23H19ClN2O2S. The number of anilines is 2. The molecule has 4 rings (SSSR count). The summed E-state index contributed by atoms with van der Waals surface area (Å²) in [6.45, 7) is 2.02. The maximum Gasteiger partial charge on any atom is 0.255 e. The molecule has 3 aromatic carbocycles. The summed E-state index contributed by atoms with van der Waals surface area (Å²) in [5, 5.41) is 3.40. The molecule has 0 aromatic heterocycles. The van der Waals surface area contributed by atoms with Crippen LogP contribution in [-0.2, 0) is 4.79 Å². The Balaban J connectivity index is 1.51. The number of hydrogen-bond donors (Lipinski definition) is 1. The molecule has 146 valence electrons. The van der Waals surface area contributed by atoms with E-state index in [2.05, 4.69) is 5.32 Å². The van der Waals surface area contributed by atoms with E-state index in [-0.39, 0.29) is 17.2 Å². The molecule has 0 bridgehead atoms. The first-order valence-corrected chi connectivity index (χ1v) is 10.6. The first-order chi connectivity index (χ1) is 14.0. The van der Waals surface area contributed by atoms with Crippen LogP contribution in [0.4, 0.5) is 11.4 Å². The number of aryl methyl sites for hydroxylation is 1. The van der Waals surface area contributed by atoms with Crippen LogP contribution >= 0.6 is 23.4 Å². The van der Waals surface area contributed by atoms with Crippen molar-refractivity contribution >= 4 is 46.6 Å². The number of hydrogen-bond acceptors (Lipinski definition) is 3. The summed E-state index contributed by atoms with van der Waals surface area (Å²) in [6, 6.07) is 22.4. The van der Waals surface area contributed by atoms with Gasteiger partial charge >= 0.3 is 0 Å². The highest BCUT2D eigenvalue weighted by atomic mass is 35.5. The molecule has 0 saturated carbocycles. The maximum absolute atomic E-state index is 12.5. The van der Waals surface area contributed by atoms with Crippen molar-refractivity contribution in [2.24, 2.45) is 0 Å². The number of rotatable bonds is 4. The van der Waals surface area contributed by atoms with Gasteiger partial charge in [-0.2, -0.15) is 0 Å². The van der Waals surface area contributed by atoms with Gasteiger partial charge in [-0.25, -0.2) is 0 Å². The molecule has 1 heterocycles. The zero-order chi connectivity index (χ0) is 20.4. The third kappa shape index (κ3) is 4.31. The number of nitrogens with one attached hydrogen (secondary N) is 1. The van der Waals surface area contributed by atoms with Gasteiger partial charge < -0.3 is 5.32 Å².